The van der Waals surface area contributed by atoms with Crippen molar-refractivity contribution >= 4 is 10.2 Å². The first-order valence-electron chi connectivity index (χ1n) is 4.39. The Morgan fingerprint density at radius 2 is 1.29 bits per heavy atom. The minimum atomic E-state index is -4.23. The zero-order chi connectivity index (χ0) is 11.0. The minimum absolute atomic E-state index is 0.0319. The van der Waals surface area contributed by atoms with E-state index in [9.17, 15) is 13.2 Å². The highest BCUT2D eigenvalue weighted by Gasteiger charge is 2.30. The molecule has 4 heteroatoms. The first-order valence-corrected chi connectivity index (χ1v) is 5.39. The Labute approximate surface area is 84.6 Å². The van der Waals surface area contributed by atoms with Gasteiger partial charge in [-0.3, -0.25) is 0 Å². The molecule has 0 N–H and O–H groups in total. The van der Waals surface area contributed by atoms with Crippen LogP contribution in [0.1, 0.15) is 25.0 Å². The molecule has 0 spiro atoms. The van der Waals surface area contributed by atoms with Crippen molar-refractivity contribution < 1.29 is 13.2 Å². The lowest BCUT2D eigenvalue weighted by molar-refractivity contribution is -0.137. The topological polar surface area (TPSA) is 0 Å². The zero-order valence-corrected chi connectivity index (χ0v) is 10.4. The molecule has 0 aliphatic heterocycles. The summed E-state index contributed by atoms with van der Waals surface area (Å²) in [4.78, 5) is 0. The van der Waals surface area contributed by atoms with Gasteiger partial charge < -0.3 is 0 Å². The van der Waals surface area contributed by atoms with E-state index in [1.54, 1.807) is 12.1 Å². The molecular formula is C10H13F3Si. The second-order valence-corrected chi connectivity index (χ2v) is 6.83. The molecule has 0 atom stereocenters. The number of hydrogen-bond acceptors (Lipinski definition) is 0. The molecule has 0 unspecified atom stereocenters. The van der Waals surface area contributed by atoms with Crippen LogP contribution in [0.15, 0.2) is 24.3 Å². The predicted octanol–water partition coefficient (Wildman–Crippen LogP) is 2.31. The minimum Gasteiger partial charge on any atom is -0.166 e. The van der Waals surface area contributed by atoms with E-state index < -0.39 is 11.7 Å². The molecule has 1 aromatic rings. The van der Waals surface area contributed by atoms with Gasteiger partial charge in [-0.05, 0) is 22.7 Å². The van der Waals surface area contributed by atoms with Crippen LogP contribution in [-0.2, 0) is 11.2 Å². The monoisotopic (exact) mass is 218 g/mol. The van der Waals surface area contributed by atoms with Crippen molar-refractivity contribution in [2.24, 2.45) is 0 Å². The molecule has 14 heavy (non-hydrogen) atoms. The third-order valence-corrected chi connectivity index (χ3v) is 2.66. The molecule has 0 aromatic heterocycles. The second kappa shape index (κ2) is 3.42. The maximum Gasteiger partial charge on any atom is 0.416 e. The van der Waals surface area contributed by atoms with Gasteiger partial charge in [-0.1, -0.05) is 26.0 Å². The predicted molar refractivity (Wildman–Crippen MR) is 54.4 cm³/mol. The van der Waals surface area contributed by atoms with Gasteiger partial charge in [0.2, 0.25) is 0 Å². The largest absolute Gasteiger partial charge is 0.416 e. The van der Waals surface area contributed by atoms with Crippen molar-refractivity contribution in [1.29, 1.82) is 0 Å². The van der Waals surface area contributed by atoms with Crippen LogP contribution in [0.5, 0.6) is 0 Å². The van der Waals surface area contributed by atoms with Gasteiger partial charge in [0.05, 0.1) is 5.56 Å². The zero-order valence-electron chi connectivity index (χ0n) is 8.44. The smallest absolute Gasteiger partial charge is 0.166 e. The Morgan fingerprint density at radius 1 is 0.929 bits per heavy atom. The summed E-state index contributed by atoms with van der Waals surface area (Å²) < 4.78 is 36.7. The van der Waals surface area contributed by atoms with E-state index in [-0.39, 0.29) is 5.04 Å². The van der Waals surface area contributed by atoms with Gasteiger partial charge >= 0.3 is 6.18 Å². The molecule has 0 fully saturated rings. The highest BCUT2D eigenvalue weighted by atomic mass is 28.1. The van der Waals surface area contributed by atoms with Gasteiger partial charge in [0.1, 0.15) is 0 Å². The van der Waals surface area contributed by atoms with E-state index in [0.29, 0.717) is 0 Å². The average Bonchev–Trinajstić information content (AvgIpc) is 2.01. The Bertz CT molecular complexity index is 273. The standard InChI is InChI=1S/C10H13F3Si/c1-9(2,14)7-3-5-8(6-4-7)10(11,12)13/h3-6H,1-2,14H3. The van der Waals surface area contributed by atoms with Crippen molar-refractivity contribution in [2.45, 2.75) is 25.1 Å². The molecular weight excluding hydrogens is 205 g/mol. The Kier molecular flexibility index (Phi) is 2.76. The molecule has 1 rings (SSSR count). The number of halogens is 3. The molecule has 0 aliphatic carbocycles. The fourth-order valence-electron chi connectivity index (χ4n) is 1.16. The molecule has 0 aliphatic rings. The van der Waals surface area contributed by atoms with Crippen LogP contribution in [0, 0.1) is 0 Å². The van der Waals surface area contributed by atoms with Gasteiger partial charge in [0.15, 0.2) is 0 Å². The summed E-state index contributed by atoms with van der Waals surface area (Å²) >= 11 is 0. The first kappa shape index (κ1) is 11.3. The summed E-state index contributed by atoms with van der Waals surface area (Å²) in [6.45, 7) is 4.06. The van der Waals surface area contributed by atoms with Crippen molar-refractivity contribution in [3.8, 4) is 0 Å². The lowest BCUT2D eigenvalue weighted by Crippen LogP contribution is -2.17. The molecule has 0 heterocycles. The maximum atomic E-state index is 12.2. The van der Waals surface area contributed by atoms with E-state index in [2.05, 4.69) is 0 Å². The number of benzene rings is 1. The van der Waals surface area contributed by atoms with Gasteiger partial charge in [0.25, 0.3) is 0 Å². The third-order valence-electron chi connectivity index (χ3n) is 2.08. The van der Waals surface area contributed by atoms with E-state index in [4.69, 9.17) is 0 Å². The highest BCUT2D eigenvalue weighted by Crippen LogP contribution is 2.30. The molecule has 0 amide bonds. The van der Waals surface area contributed by atoms with Crippen molar-refractivity contribution in [1.82, 2.24) is 0 Å². The summed E-state index contributed by atoms with van der Waals surface area (Å²) in [5, 5.41) is 0.0319. The Morgan fingerprint density at radius 3 is 1.57 bits per heavy atom. The highest BCUT2D eigenvalue weighted by molar-refractivity contribution is 6.15. The fourth-order valence-corrected chi connectivity index (χ4v) is 1.49. The summed E-state index contributed by atoms with van der Waals surface area (Å²) in [5.41, 5.74) is 0.393. The molecule has 0 radical (unpaired) electrons. The maximum absolute atomic E-state index is 12.2. The molecule has 1 aromatic carbocycles. The molecule has 0 saturated heterocycles. The Hall–Kier alpha value is -0.773. The van der Waals surface area contributed by atoms with Crippen LogP contribution in [0.4, 0.5) is 13.2 Å². The lowest BCUT2D eigenvalue weighted by atomic mass is 10.0. The van der Waals surface area contributed by atoms with Crippen LogP contribution in [-0.4, -0.2) is 10.2 Å². The van der Waals surface area contributed by atoms with Crippen molar-refractivity contribution in [3.05, 3.63) is 35.4 Å². The number of alkyl halides is 3. The normalized spacial score (nSPS) is 13.2. The first-order chi connectivity index (χ1) is 6.21. The van der Waals surface area contributed by atoms with Gasteiger partial charge in [-0.2, -0.15) is 13.2 Å². The number of rotatable bonds is 1. The van der Waals surface area contributed by atoms with E-state index in [1.165, 1.54) is 0 Å². The van der Waals surface area contributed by atoms with Crippen LogP contribution in [0.25, 0.3) is 0 Å². The summed E-state index contributed by atoms with van der Waals surface area (Å²) in [5.74, 6) is 0. The summed E-state index contributed by atoms with van der Waals surface area (Å²) in [6, 6.07) is 5.43. The fraction of sp³-hybridized carbons (Fsp3) is 0.400. The van der Waals surface area contributed by atoms with Gasteiger partial charge in [-0.15, -0.1) is 0 Å². The molecule has 0 saturated carbocycles. The molecule has 0 bridgehead atoms. The Balaban J connectivity index is 3.02. The summed E-state index contributed by atoms with van der Waals surface area (Å²) in [7, 11) is 0.922. The second-order valence-electron chi connectivity index (χ2n) is 4.33. The van der Waals surface area contributed by atoms with Crippen molar-refractivity contribution in [3.63, 3.8) is 0 Å². The molecule has 0 nitrogen and oxygen atoms in total. The summed E-state index contributed by atoms with van der Waals surface area (Å²) in [6.07, 6.45) is -4.23. The SMILES string of the molecule is CC(C)([SiH3])c1ccc(C(F)(F)F)cc1. The van der Waals surface area contributed by atoms with Crippen LogP contribution in [0.2, 0.25) is 0 Å². The molecule has 78 valence electrons. The third kappa shape index (κ3) is 2.61. The van der Waals surface area contributed by atoms with Crippen molar-refractivity contribution in [2.75, 3.05) is 0 Å². The van der Waals surface area contributed by atoms with Crippen LogP contribution >= 0.6 is 0 Å². The quantitative estimate of drug-likeness (QED) is 0.634. The average molecular weight is 218 g/mol. The van der Waals surface area contributed by atoms with E-state index in [0.717, 1.165) is 27.9 Å². The van der Waals surface area contributed by atoms with Crippen LogP contribution < -0.4 is 0 Å². The van der Waals surface area contributed by atoms with Crippen LogP contribution in [0.3, 0.4) is 0 Å². The number of hydrogen-bond donors (Lipinski definition) is 0. The van der Waals surface area contributed by atoms with Gasteiger partial charge in [0, 0.05) is 10.2 Å². The van der Waals surface area contributed by atoms with E-state index >= 15 is 0 Å². The van der Waals surface area contributed by atoms with Gasteiger partial charge in [-0.25, -0.2) is 0 Å². The van der Waals surface area contributed by atoms with E-state index in [1.807, 2.05) is 13.8 Å². The lowest BCUT2D eigenvalue weighted by Gasteiger charge is -2.19.